The highest BCUT2D eigenvalue weighted by Gasteiger charge is 2.09. The van der Waals surface area contributed by atoms with Crippen LogP contribution in [0.5, 0.6) is 0 Å². The summed E-state index contributed by atoms with van der Waals surface area (Å²) >= 11 is 0. The normalized spacial score (nSPS) is 16.0. The molecule has 0 aromatic carbocycles. The molecule has 3 nitrogen and oxygen atoms in total. The molecule has 0 aromatic rings. The highest BCUT2D eigenvalue weighted by Crippen LogP contribution is 1.96. The SMILES string of the molecule is CCC(C)NC(CCO)COC. The summed E-state index contributed by atoms with van der Waals surface area (Å²) in [5.74, 6) is 0. The van der Waals surface area contributed by atoms with Gasteiger partial charge in [-0.2, -0.15) is 0 Å². The Kier molecular flexibility index (Phi) is 7.45. The maximum absolute atomic E-state index is 8.75. The van der Waals surface area contributed by atoms with Gasteiger partial charge in [0.25, 0.3) is 0 Å². The molecule has 0 aliphatic carbocycles. The molecule has 0 aliphatic rings. The first-order chi connectivity index (χ1) is 5.74. The third kappa shape index (κ3) is 5.52. The van der Waals surface area contributed by atoms with Crippen LogP contribution in [0.3, 0.4) is 0 Å². The van der Waals surface area contributed by atoms with Crippen LogP contribution in [0.2, 0.25) is 0 Å². The molecule has 0 aromatic heterocycles. The molecule has 0 bridgehead atoms. The van der Waals surface area contributed by atoms with Gasteiger partial charge in [0, 0.05) is 25.8 Å². The van der Waals surface area contributed by atoms with Crippen molar-refractivity contribution in [3.63, 3.8) is 0 Å². The number of hydrogen-bond acceptors (Lipinski definition) is 3. The molecule has 74 valence electrons. The smallest absolute Gasteiger partial charge is 0.0616 e. The highest BCUT2D eigenvalue weighted by atomic mass is 16.5. The molecule has 2 atom stereocenters. The van der Waals surface area contributed by atoms with Gasteiger partial charge < -0.3 is 15.2 Å². The van der Waals surface area contributed by atoms with E-state index in [1.54, 1.807) is 7.11 Å². The summed E-state index contributed by atoms with van der Waals surface area (Å²) < 4.78 is 5.03. The number of nitrogens with one attached hydrogen (secondary N) is 1. The van der Waals surface area contributed by atoms with E-state index in [1.165, 1.54) is 0 Å². The van der Waals surface area contributed by atoms with E-state index in [9.17, 15) is 0 Å². The lowest BCUT2D eigenvalue weighted by atomic mass is 10.2. The number of ether oxygens (including phenoxy) is 1. The molecule has 2 unspecified atom stereocenters. The topological polar surface area (TPSA) is 41.5 Å². The molecule has 0 fully saturated rings. The molecule has 0 heterocycles. The van der Waals surface area contributed by atoms with Crippen LogP contribution >= 0.6 is 0 Å². The van der Waals surface area contributed by atoms with Crippen molar-refractivity contribution in [2.75, 3.05) is 20.3 Å². The standard InChI is InChI=1S/C9H21NO2/c1-4-8(2)10-9(5-6-11)7-12-3/h8-11H,4-7H2,1-3H3. The second-order valence-electron chi connectivity index (χ2n) is 3.14. The average molecular weight is 175 g/mol. The van der Waals surface area contributed by atoms with E-state index in [0.29, 0.717) is 12.6 Å². The minimum Gasteiger partial charge on any atom is -0.396 e. The van der Waals surface area contributed by atoms with Crippen molar-refractivity contribution in [2.24, 2.45) is 0 Å². The molecule has 0 amide bonds. The first-order valence-corrected chi connectivity index (χ1v) is 4.60. The Labute approximate surface area is 75.1 Å². The maximum atomic E-state index is 8.75. The van der Waals surface area contributed by atoms with Gasteiger partial charge in [0.1, 0.15) is 0 Å². The number of hydrogen-bond donors (Lipinski definition) is 2. The summed E-state index contributed by atoms with van der Waals surface area (Å²) in [7, 11) is 1.68. The van der Waals surface area contributed by atoms with Crippen molar-refractivity contribution in [3.05, 3.63) is 0 Å². The molecule has 12 heavy (non-hydrogen) atoms. The average Bonchev–Trinajstić information content (AvgIpc) is 2.05. The first kappa shape index (κ1) is 11.9. The van der Waals surface area contributed by atoms with Crippen molar-refractivity contribution < 1.29 is 9.84 Å². The second-order valence-corrected chi connectivity index (χ2v) is 3.14. The van der Waals surface area contributed by atoms with Crippen molar-refractivity contribution in [1.82, 2.24) is 5.32 Å². The van der Waals surface area contributed by atoms with Gasteiger partial charge in [0.2, 0.25) is 0 Å². The van der Waals surface area contributed by atoms with Crippen LogP contribution in [0.1, 0.15) is 26.7 Å². The van der Waals surface area contributed by atoms with E-state index in [0.717, 1.165) is 12.8 Å². The summed E-state index contributed by atoms with van der Waals surface area (Å²) in [6.07, 6.45) is 1.86. The van der Waals surface area contributed by atoms with Crippen LogP contribution in [0.15, 0.2) is 0 Å². The van der Waals surface area contributed by atoms with Crippen molar-refractivity contribution in [2.45, 2.75) is 38.8 Å². The predicted octanol–water partition coefficient (Wildman–Crippen LogP) is 0.772. The minimum atomic E-state index is 0.220. The zero-order valence-electron chi connectivity index (χ0n) is 8.34. The Bertz CT molecular complexity index is 92.5. The van der Waals surface area contributed by atoms with Gasteiger partial charge in [-0.15, -0.1) is 0 Å². The maximum Gasteiger partial charge on any atom is 0.0616 e. The van der Waals surface area contributed by atoms with Crippen LogP contribution in [-0.4, -0.2) is 37.5 Å². The molecule has 0 spiro atoms. The fourth-order valence-corrected chi connectivity index (χ4v) is 1.09. The molecule has 0 aliphatic heterocycles. The number of methoxy groups -OCH3 is 1. The van der Waals surface area contributed by atoms with E-state index in [1.807, 2.05) is 0 Å². The van der Waals surface area contributed by atoms with Gasteiger partial charge in [0.15, 0.2) is 0 Å². The largest absolute Gasteiger partial charge is 0.396 e. The van der Waals surface area contributed by atoms with E-state index in [4.69, 9.17) is 9.84 Å². The highest BCUT2D eigenvalue weighted by molar-refractivity contribution is 4.69. The zero-order chi connectivity index (χ0) is 9.40. The van der Waals surface area contributed by atoms with E-state index < -0.39 is 0 Å². The lowest BCUT2D eigenvalue weighted by Gasteiger charge is -2.21. The van der Waals surface area contributed by atoms with Crippen LogP contribution in [0, 0.1) is 0 Å². The Balaban J connectivity index is 3.61. The van der Waals surface area contributed by atoms with Crippen LogP contribution in [-0.2, 0) is 4.74 Å². The summed E-state index contributed by atoms with van der Waals surface area (Å²) in [6, 6.07) is 0.784. The predicted molar refractivity (Wildman–Crippen MR) is 50.3 cm³/mol. The summed E-state index contributed by atoms with van der Waals surface area (Å²) in [5.41, 5.74) is 0. The quantitative estimate of drug-likeness (QED) is 0.600. The van der Waals surface area contributed by atoms with Crippen molar-refractivity contribution in [1.29, 1.82) is 0 Å². The van der Waals surface area contributed by atoms with Crippen LogP contribution in [0.25, 0.3) is 0 Å². The molecular weight excluding hydrogens is 154 g/mol. The second kappa shape index (κ2) is 7.53. The summed E-state index contributed by atoms with van der Waals surface area (Å²) in [4.78, 5) is 0. The van der Waals surface area contributed by atoms with Gasteiger partial charge in [-0.1, -0.05) is 6.92 Å². The van der Waals surface area contributed by atoms with Gasteiger partial charge >= 0.3 is 0 Å². The summed E-state index contributed by atoms with van der Waals surface area (Å²) in [5, 5.41) is 12.1. The van der Waals surface area contributed by atoms with E-state index in [-0.39, 0.29) is 12.6 Å². The Hall–Kier alpha value is -0.120. The third-order valence-corrected chi connectivity index (χ3v) is 1.98. The van der Waals surface area contributed by atoms with Gasteiger partial charge in [-0.05, 0) is 19.8 Å². The zero-order valence-corrected chi connectivity index (χ0v) is 8.34. The molecule has 2 N–H and O–H groups in total. The molecule has 3 heteroatoms. The Morgan fingerprint density at radius 3 is 2.58 bits per heavy atom. The minimum absolute atomic E-state index is 0.220. The van der Waals surface area contributed by atoms with Crippen molar-refractivity contribution in [3.8, 4) is 0 Å². The van der Waals surface area contributed by atoms with Gasteiger partial charge in [-0.3, -0.25) is 0 Å². The molecular formula is C9H21NO2. The molecule has 0 saturated carbocycles. The number of rotatable bonds is 7. The first-order valence-electron chi connectivity index (χ1n) is 4.60. The molecule has 0 radical (unpaired) electrons. The van der Waals surface area contributed by atoms with Crippen LogP contribution in [0.4, 0.5) is 0 Å². The van der Waals surface area contributed by atoms with Crippen molar-refractivity contribution >= 4 is 0 Å². The summed E-state index contributed by atoms with van der Waals surface area (Å²) in [6.45, 7) is 5.17. The Morgan fingerprint density at radius 2 is 2.17 bits per heavy atom. The van der Waals surface area contributed by atoms with E-state index >= 15 is 0 Å². The fraction of sp³-hybridized carbons (Fsp3) is 1.00. The number of aliphatic hydroxyl groups is 1. The van der Waals surface area contributed by atoms with Crippen LogP contribution < -0.4 is 5.32 Å². The van der Waals surface area contributed by atoms with E-state index in [2.05, 4.69) is 19.2 Å². The molecule has 0 saturated heterocycles. The van der Waals surface area contributed by atoms with Gasteiger partial charge in [0.05, 0.1) is 6.61 Å². The van der Waals surface area contributed by atoms with Gasteiger partial charge in [-0.25, -0.2) is 0 Å². The monoisotopic (exact) mass is 175 g/mol. The molecule has 0 rings (SSSR count). The lowest BCUT2D eigenvalue weighted by Crippen LogP contribution is -2.39. The third-order valence-electron chi connectivity index (χ3n) is 1.98. The fourth-order valence-electron chi connectivity index (χ4n) is 1.09. The lowest BCUT2D eigenvalue weighted by molar-refractivity contribution is 0.143. The Morgan fingerprint density at radius 1 is 1.50 bits per heavy atom. The number of aliphatic hydroxyl groups excluding tert-OH is 1.